The minimum Gasteiger partial charge on any atom is -0.455 e. The molecule has 1 aliphatic rings. The molecule has 2 aromatic rings. The van der Waals surface area contributed by atoms with Gasteiger partial charge >= 0.3 is 12.1 Å². The quantitative estimate of drug-likeness (QED) is 0.397. The number of nitro benzene ring substituents is 1. The van der Waals surface area contributed by atoms with Crippen molar-refractivity contribution in [2.45, 2.75) is 19.5 Å². The Morgan fingerprint density at radius 2 is 1.97 bits per heavy atom. The number of carbonyl (C=O) groups is 3. The predicted molar refractivity (Wildman–Crippen MR) is 109 cm³/mol. The van der Waals surface area contributed by atoms with Gasteiger partial charge < -0.3 is 15.0 Å². The third-order valence-electron chi connectivity index (χ3n) is 4.98. The van der Waals surface area contributed by atoms with Crippen LogP contribution in [0.5, 0.6) is 0 Å². The molecule has 1 N–H and O–H groups in total. The molecule has 0 aromatic heterocycles. The van der Waals surface area contributed by atoms with Gasteiger partial charge in [-0.3, -0.25) is 24.5 Å². The number of carbonyl (C=O) groups excluding carboxylic acids is 3. The van der Waals surface area contributed by atoms with Gasteiger partial charge in [0.15, 0.2) is 6.61 Å². The third-order valence-corrected chi connectivity index (χ3v) is 4.98. The van der Waals surface area contributed by atoms with Gasteiger partial charge in [-0.05, 0) is 31.2 Å². The van der Waals surface area contributed by atoms with Gasteiger partial charge in [-0.2, -0.15) is 13.2 Å². The molecule has 1 fully saturated rings. The number of hydrogen-bond acceptors (Lipinski definition) is 6. The molecule has 33 heavy (non-hydrogen) atoms. The Morgan fingerprint density at radius 1 is 1.24 bits per heavy atom. The van der Waals surface area contributed by atoms with E-state index in [1.165, 1.54) is 29.2 Å². The second kappa shape index (κ2) is 9.27. The predicted octanol–water partition coefficient (Wildman–Crippen LogP) is 3.46. The Balaban J connectivity index is 1.57. The first-order valence-corrected chi connectivity index (χ1v) is 9.65. The molecule has 0 bridgehead atoms. The van der Waals surface area contributed by atoms with Gasteiger partial charge in [0, 0.05) is 30.3 Å². The zero-order valence-electron chi connectivity index (χ0n) is 17.2. The SMILES string of the molecule is Cc1ccc(N2C[C@@H](C(=O)OCC(=O)Nc3cccc(C(F)(F)F)c3)CC2=O)cc1[N+](=O)[O-]. The summed E-state index contributed by atoms with van der Waals surface area (Å²) in [6.45, 7) is 0.710. The van der Waals surface area contributed by atoms with E-state index in [0.29, 0.717) is 5.56 Å². The van der Waals surface area contributed by atoms with Crippen molar-refractivity contribution in [3.63, 3.8) is 0 Å². The van der Waals surface area contributed by atoms with Crippen molar-refractivity contribution >= 4 is 34.8 Å². The number of anilines is 2. The number of ether oxygens (including phenoxy) is 1. The molecule has 0 unspecified atom stereocenters. The molecule has 174 valence electrons. The Morgan fingerprint density at radius 3 is 2.64 bits per heavy atom. The highest BCUT2D eigenvalue weighted by Gasteiger charge is 2.37. The van der Waals surface area contributed by atoms with Crippen LogP contribution >= 0.6 is 0 Å². The number of alkyl halides is 3. The van der Waals surface area contributed by atoms with Crippen molar-refractivity contribution in [1.82, 2.24) is 0 Å². The van der Waals surface area contributed by atoms with Crippen molar-refractivity contribution in [3.8, 4) is 0 Å². The maximum absolute atomic E-state index is 12.8. The average molecular weight is 465 g/mol. The number of amides is 2. The van der Waals surface area contributed by atoms with Crippen LogP contribution in [0.3, 0.4) is 0 Å². The van der Waals surface area contributed by atoms with Crippen molar-refractivity contribution in [3.05, 3.63) is 63.7 Å². The smallest absolute Gasteiger partial charge is 0.416 e. The largest absolute Gasteiger partial charge is 0.455 e. The average Bonchev–Trinajstić information content (AvgIpc) is 3.13. The van der Waals surface area contributed by atoms with Crippen LogP contribution in [0.2, 0.25) is 0 Å². The van der Waals surface area contributed by atoms with E-state index < -0.39 is 47.0 Å². The number of benzene rings is 2. The highest BCUT2D eigenvalue weighted by atomic mass is 19.4. The van der Waals surface area contributed by atoms with Gasteiger partial charge in [0.2, 0.25) is 5.91 Å². The van der Waals surface area contributed by atoms with E-state index in [9.17, 15) is 37.7 Å². The summed E-state index contributed by atoms with van der Waals surface area (Å²) < 4.78 is 43.2. The number of nitrogens with one attached hydrogen (secondary N) is 1. The topological polar surface area (TPSA) is 119 Å². The van der Waals surface area contributed by atoms with E-state index in [0.717, 1.165) is 18.2 Å². The number of hydrogen-bond donors (Lipinski definition) is 1. The zero-order valence-corrected chi connectivity index (χ0v) is 17.2. The molecule has 2 amide bonds. The first-order valence-electron chi connectivity index (χ1n) is 9.65. The Labute approximate surface area is 185 Å². The van der Waals surface area contributed by atoms with Crippen molar-refractivity contribution < 1.29 is 37.2 Å². The first kappa shape index (κ1) is 23.7. The van der Waals surface area contributed by atoms with Crippen molar-refractivity contribution in [1.29, 1.82) is 0 Å². The van der Waals surface area contributed by atoms with E-state index in [1.54, 1.807) is 6.92 Å². The monoisotopic (exact) mass is 465 g/mol. The highest BCUT2D eigenvalue weighted by Crippen LogP contribution is 2.31. The van der Waals surface area contributed by atoms with Crippen molar-refractivity contribution in [2.24, 2.45) is 5.92 Å². The van der Waals surface area contributed by atoms with E-state index in [4.69, 9.17) is 4.74 Å². The molecule has 0 radical (unpaired) electrons. The molecule has 9 nitrogen and oxygen atoms in total. The molecule has 1 aliphatic heterocycles. The van der Waals surface area contributed by atoms with Gasteiger partial charge in [-0.1, -0.05) is 12.1 Å². The maximum atomic E-state index is 12.8. The van der Waals surface area contributed by atoms with Gasteiger partial charge in [-0.25, -0.2) is 0 Å². The molecule has 12 heteroatoms. The van der Waals surface area contributed by atoms with Gasteiger partial charge in [0.05, 0.1) is 22.1 Å². The van der Waals surface area contributed by atoms with Crippen LogP contribution in [0.1, 0.15) is 17.5 Å². The molecule has 3 rings (SSSR count). The summed E-state index contributed by atoms with van der Waals surface area (Å²) in [6, 6.07) is 8.22. The summed E-state index contributed by atoms with van der Waals surface area (Å²) in [5.74, 6) is -3.03. The van der Waals surface area contributed by atoms with Crippen LogP contribution < -0.4 is 10.2 Å². The fraction of sp³-hybridized carbons (Fsp3) is 0.286. The van der Waals surface area contributed by atoms with E-state index in [2.05, 4.69) is 5.32 Å². The Bertz CT molecular complexity index is 1120. The molecule has 0 spiro atoms. The number of aryl methyl sites for hydroxylation is 1. The van der Waals surface area contributed by atoms with E-state index >= 15 is 0 Å². The lowest BCUT2D eigenvalue weighted by atomic mass is 10.1. The Hall–Kier alpha value is -3.96. The second-order valence-corrected chi connectivity index (χ2v) is 7.37. The Kier molecular flexibility index (Phi) is 6.65. The maximum Gasteiger partial charge on any atom is 0.416 e. The fourth-order valence-corrected chi connectivity index (χ4v) is 3.30. The number of nitrogens with zero attached hydrogens (tertiary/aromatic N) is 2. The summed E-state index contributed by atoms with van der Waals surface area (Å²) in [5, 5.41) is 13.3. The van der Waals surface area contributed by atoms with Crippen LogP contribution in [0, 0.1) is 23.0 Å². The van der Waals surface area contributed by atoms with Gasteiger partial charge in [0.1, 0.15) is 0 Å². The van der Waals surface area contributed by atoms with Crippen LogP contribution in [-0.2, 0) is 25.3 Å². The third kappa shape index (κ3) is 5.64. The molecule has 1 heterocycles. The second-order valence-electron chi connectivity index (χ2n) is 7.37. The standard InChI is InChI=1S/C21H18F3N3O6/c1-12-5-6-16(9-17(12)27(31)32)26-10-13(7-19(26)29)20(30)33-11-18(28)25-15-4-2-3-14(8-15)21(22,23)24/h2-6,8-9,13H,7,10-11H2,1H3,(H,25,28)/t13-/m0/s1. The molecule has 0 aliphatic carbocycles. The van der Waals surface area contributed by atoms with E-state index in [1.807, 2.05) is 0 Å². The molecular formula is C21H18F3N3O6. The van der Waals surface area contributed by atoms with Crippen molar-refractivity contribution in [2.75, 3.05) is 23.4 Å². The lowest BCUT2D eigenvalue weighted by Crippen LogP contribution is -2.28. The normalized spacial score (nSPS) is 15.9. The van der Waals surface area contributed by atoms with Gasteiger partial charge in [0.25, 0.3) is 11.6 Å². The summed E-state index contributed by atoms with van der Waals surface area (Å²) in [6.07, 6.45) is -4.79. The minimum absolute atomic E-state index is 0.0901. The molecular weight excluding hydrogens is 447 g/mol. The minimum atomic E-state index is -4.58. The lowest BCUT2D eigenvalue weighted by Gasteiger charge is -2.17. The summed E-state index contributed by atoms with van der Waals surface area (Å²) >= 11 is 0. The van der Waals surface area contributed by atoms with Crippen LogP contribution in [-0.4, -0.2) is 35.9 Å². The molecule has 0 saturated carbocycles. The number of rotatable bonds is 6. The van der Waals surface area contributed by atoms with Gasteiger partial charge in [-0.15, -0.1) is 0 Å². The van der Waals surface area contributed by atoms with E-state index in [-0.39, 0.29) is 30.0 Å². The summed E-state index contributed by atoms with van der Waals surface area (Å²) in [4.78, 5) is 48.4. The van der Waals surface area contributed by atoms with Crippen LogP contribution in [0.25, 0.3) is 0 Å². The summed E-state index contributed by atoms with van der Waals surface area (Å²) in [7, 11) is 0. The van der Waals surface area contributed by atoms with Crippen LogP contribution in [0.15, 0.2) is 42.5 Å². The number of esters is 1. The number of halogens is 3. The number of nitro groups is 1. The molecule has 1 saturated heterocycles. The molecule has 1 atom stereocenters. The summed E-state index contributed by atoms with van der Waals surface area (Å²) in [5.41, 5.74) is -0.558. The zero-order chi connectivity index (χ0) is 24.3. The fourth-order valence-electron chi connectivity index (χ4n) is 3.30. The first-order chi connectivity index (χ1) is 15.5. The highest BCUT2D eigenvalue weighted by molar-refractivity contribution is 6.00. The van der Waals surface area contributed by atoms with Crippen LogP contribution in [0.4, 0.5) is 30.2 Å². The lowest BCUT2D eigenvalue weighted by molar-refractivity contribution is -0.385. The molecule has 2 aromatic carbocycles.